The van der Waals surface area contributed by atoms with E-state index in [0.717, 1.165) is 12.1 Å². The highest BCUT2D eigenvalue weighted by atomic mass is 35.5. The average Bonchev–Trinajstić information content (AvgIpc) is 2.37. The lowest BCUT2D eigenvalue weighted by molar-refractivity contribution is -0.123. The third kappa shape index (κ3) is 7.10. The third-order valence-electron chi connectivity index (χ3n) is 2.84. The Kier molecular flexibility index (Phi) is 11.7. The molecule has 1 amide bonds. The average molecular weight is 322 g/mol. The molecule has 1 unspecified atom stereocenters. The maximum atomic E-state index is 11.9. The van der Waals surface area contributed by atoms with Gasteiger partial charge in [-0.15, -0.1) is 24.8 Å². The highest BCUT2D eigenvalue weighted by molar-refractivity contribution is 5.85. The number of likely N-dealkylation sites (N-methyl/N-ethyl adjacent to an activating group) is 1. The van der Waals surface area contributed by atoms with Crippen molar-refractivity contribution in [2.24, 2.45) is 5.73 Å². The van der Waals surface area contributed by atoms with E-state index in [1.165, 1.54) is 0 Å². The van der Waals surface area contributed by atoms with Gasteiger partial charge in [0.2, 0.25) is 5.91 Å². The highest BCUT2D eigenvalue weighted by Crippen LogP contribution is 2.13. The van der Waals surface area contributed by atoms with Gasteiger partial charge in [0.05, 0.1) is 12.1 Å². The Morgan fingerprint density at radius 1 is 1.25 bits per heavy atom. The van der Waals surface area contributed by atoms with Gasteiger partial charge in [-0.3, -0.25) is 4.79 Å². The zero-order valence-electron chi connectivity index (χ0n) is 12.2. The van der Waals surface area contributed by atoms with E-state index in [1.54, 1.807) is 0 Å². The standard InChI is InChI=1S/C14H23N3O.2ClH/c1-4-12(15)14(18)16-13(10-17(2)3)11-8-6-5-7-9-11;;/h5-9,12-13H,4,10,15H2,1-3H3,(H,16,18);2*1H/t12-,13?;;/m0../s1. The lowest BCUT2D eigenvalue weighted by Crippen LogP contribution is -2.44. The van der Waals surface area contributed by atoms with Crippen LogP contribution in [0.15, 0.2) is 30.3 Å². The maximum Gasteiger partial charge on any atom is 0.237 e. The van der Waals surface area contributed by atoms with Gasteiger partial charge < -0.3 is 16.0 Å². The number of halogens is 2. The second-order valence-electron chi connectivity index (χ2n) is 4.75. The Bertz CT molecular complexity index is 374. The van der Waals surface area contributed by atoms with E-state index in [-0.39, 0.29) is 36.8 Å². The van der Waals surface area contributed by atoms with Crippen LogP contribution in [0, 0.1) is 0 Å². The molecule has 0 heterocycles. The Hall–Kier alpha value is -0.810. The lowest BCUT2D eigenvalue weighted by Gasteiger charge is -2.24. The van der Waals surface area contributed by atoms with Crippen molar-refractivity contribution in [1.29, 1.82) is 0 Å². The molecule has 3 N–H and O–H groups in total. The highest BCUT2D eigenvalue weighted by Gasteiger charge is 2.18. The van der Waals surface area contributed by atoms with Crippen LogP contribution in [0.25, 0.3) is 0 Å². The van der Waals surface area contributed by atoms with Gasteiger partial charge in [0, 0.05) is 6.54 Å². The maximum absolute atomic E-state index is 11.9. The monoisotopic (exact) mass is 321 g/mol. The van der Waals surface area contributed by atoms with Crippen LogP contribution in [0.3, 0.4) is 0 Å². The Labute approximate surface area is 133 Å². The molecular weight excluding hydrogens is 297 g/mol. The summed E-state index contributed by atoms with van der Waals surface area (Å²) in [5, 5.41) is 3.01. The molecular formula is C14H25Cl2N3O. The van der Waals surface area contributed by atoms with Crippen LogP contribution >= 0.6 is 24.8 Å². The minimum absolute atomic E-state index is 0. The first-order chi connectivity index (χ1) is 8.54. The van der Waals surface area contributed by atoms with Gasteiger partial charge in [-0.25, -0.2) is 0 Å². The smallest absolute Gasteiger partial charge is 0.237 e. The molecule has 0 saturated carbocycles. The number of nitrogens with one attached hydrogen (secondary N) is 1. The first-order valence-corrected chi connectivity index (χ1v) is 6.30. The van der Waals surface area contributed by atoms with Gasteiger partial charge in [0.1, 0.15) is 0 Å². The molecule has 2 atom stereocenters. The molecule has 0 aliphatic rings. The first-order valence-electron chi connectivity index (χ1n) is 6.30. The minimum Gasteiger partial charge on any atom is -0.347 e. The summed E-state index contributed by atoms with van der Waals surface area (Å²) in [6.07, 6.45) is 0.648. The van der Waals surface area contributed by atoms with Crippen LogP contribution in [0.2, 0.25) is 0 Å². The molecule has 0 radical (unpaired) electrons. The molecule has 0 bridgehead atoms. The second-order valence-corrected chi connectivity index (χ2v) is 4.75. The Morgan fingerprint density at radius 3 is 2.25 bits per heavy atom. The van der Waals surface area contributed by atoms with E-state index in [4.69, 9.17) is 5.73 Å². The Morgan fingerprint density at radius 2 is 1.80 bits per heavy atom. The van der Waals surface area contributed by atoms with Crippen molar-refractivity contribution in [3.63, 3.8) is 0 Å². The number of carbonyl (C=O) groups is 1. The topological polar surface area (TPSA) is 58.4 Å². The number of nitrogens with two attached hydrogens (primary N) is 1. The number of nitrogens with zero attached hydrogens (tertiary/aromatic N) is 1. The van der Waals surface area contributed by atoms with E-state index in [1.807, 2.05) is 51.4 Å². The molecule has 0 aromatic heterocycles. The summed E-state index contributed by atoms with van der Waals surface area (Å²) >= 11 is 0. The zero-order valence-corrected chi connectivity index (χ0v) is 13.8. The normalized spacial score (nSPS) is 12.8. The first kappa shape index (κ1) is 21.5. The van der Waals surface area contributed by atoms with Crippen LogP contribution in [0.5, 0.6) is 0 Å². The summed E-state index contributed by atoms with van der Waals surface area (Å²) < 4.78 is 0. The van der Waals surface area contributed by atoms with Gasteiger partial charge in [0.25, 0.3) is 0 Å². The molecule has 0 aliphatic heterocycles. The molecule has 0 aliphatic carbocycles. The molecule has 1 rings (SSSR count). The van der Waals surface area contributed by atoms with Gasteiger partial charge in [0.15, 0.2) is 0 Å². The Balaban J connectivity index is 0. The van der Waals surface area contributed by atoms with E-state index < -0.39 is 6.04 Å². The zero-order chi connectivity index (χ0) is 13.5. The molecule has 4 nitrogen and oxygen atoms in total. The number of amides is 1. The number of carbonyl (C=O) groups excluding carboxylic acids is 1. The number of benzene rings is 1. The molecule has 0 spiro atoms. The van der Waals surface area contributed by atoms with Crippen LogP contribution in [-0.4, -0.2) is 37.5 Å². The summed E-state index contributed by atoms with van der Waals surface area (Å²) in [6, 6.07) is 9.51. The van der Waals surface area contributed by atoms with E-state index in [0.29, 0.717) is 6.42 Å². The summed E-state index contributed by atoms with van der Waals surface area (Å²) in [6.45, 7) is 2.67. The van der Waals surface area contributed by atoms with Crippen LogP contribution in [0.4, 0.5) is 0 Å². The van der Waals surface area contributed by atoms with Crippen molar-refractivity contribution in [3.8, 4) is 0 Å². The van der Waals surface area contributed by atoms with Crippen molar-refractivity contribution in [2.75, 3.05) is 20.6 Å². The van der Waals surface area contributed by atoms with E-state index in [9.17, 15) is 4.79 Å². The number of hydrogen-bond acceptors (Lipinski definition) is 3. The third-order valence-corrected chi connectivity index (χ3v) is 2.84. The molecule has 116 valence electrons. The molecule has 1 aromatic rings. The van der Waals surface area contributed by atoms with Crippen LogP contribution in [0.1, 0.15) is 24.9 Å². The predicted octanol–water partition coefficient (Wildman–Crippen LogP) is 1.99. The van der Waals surface area contributed by atoms with Gasteiger partial charge >= 0.3 is 0 Å². The molecule has 0 saturated heterocycles. The number of hydrogen-bond donors (Lipinski definition) is 2. The van der Waals surface area contributed by atoms with Crippen molar-refractivity contribution < 1.29 is 4.79 Å². The fourth-order valence-electron chi connectivity index (χ4n) is 1.75. The second kappa shape index (κ2) is 10.9. The minimum atomic E-state index is -0.432. The fraction of sp³-hybridized carbons (Fsp3) is 0.500. The summed E-state index contributed by atoms with van der Waals surface area (Å²) in [4.78, 5) is 13.9. The van der Waals surface area contributed by atoms with Crippen LogP contribution in [-0.2, 0) is 4.79 Å². The number of rotatable bonds is 6. The largest absolute Gasteiger partial charge is 0.347 e. The van der Waals surface area contributed by atoms with Crippen molar-refractivity contribution >= 4 is 30.7 Å². The van der Waals surface area contributed by atoms with Crippen LogP contribution < -0.4 is 11.1 Å². The van der Waals surface area contributed by atoms with Gasteiger partial charge in [-0.05, 0) is 26.1 Å². The van der Waals surface area contributed by atoms with E-state index in [2.05, 4.69) is 10.2 Å². The summed E-state index contributed by atoms with van der Waals surface area (Å²) in [7, 11) is 3.98. The molecule has 20 heavy (non-hydrogen) atoms. The molecule has 1 aromatic carbocycles. The molecule has 6 heteroatoms. The van der Waals surface area contributed by atoms with Crippen molar-refractivity contribution in [2.45, 2.75) is 25.4 Å². The quantitative estimate of drug-likeness (QED) is 0.842. The molecule has 0 fully saturated rings. The summed E-state index contributed by atoms with van der Waals surface area (Å²) in [5.74, 6) is -0.0896. The lowest BCUT2D eigenvalue weighted by atomic mass is 10.1. The predicted molar refractivity (Wildman–Crippen MR) is 88.6 cm³/mol. The van der Waals surface area contributed by atoms with Gasteiger partial charge in [-0.1, -0.05) is 37.3 Å². The SMILES string of the molecule is CC[C@H](N)C(=O)NC(CN(C)C)c1ccccc1.Cl.Cl. The fourth-order valence-corrected chi connectivity index (χ4v) is 1.75. The summed E-state index contributed by atoms with van der Waals surface area (Å²) in [5.41, 5.74) is 6.85. The van der Waals surface area contributed by atoms with Crippen molar-refractivity contribution in [1.82, 2.24) is 10.2 Å². The van der Waals surface area contributed by atoms with Gasteiger partial charge in [-0.2, -0.15) is 0 Å². The van der Waals surface area contributed by atoms with E-state index >= 15 is 0 Å². The van der Waals surface area contributed by atoms with Crippen molar-refractivity contribution in [3.05, 3.63) is 35.9 Å².